The second-order valence-corrected chi connectivity index (χ2v) is 7.15. The molecule has 134 valence electrons. The number of hydrogen-bond acceptors (Lipinski definition) is 4. The highest BCUT2D eigenvalue weighted by Crippen LogP contribution is 2.25. The molecule has 2 aliphatic heterocycles. The molecule has 2 aliphatic rings. The van der Waals surface area contributed by atoms with Gasteiger partial charge in [-0.1, -0.05) is 6.07 Å². The Morgan fingerprint density at radius 2 is 2.08 bits per heavy atom. The predicted molar refractivity (Wildman–Crippen MR) is 96.2 cm³/mol. The summed E-state index contributed by atoms with van der Waals surface area (Å²) < 4.78 is 13.9. The van der Waals surface area contributed by atoms with Crippen LogP contribution in [0.3, 0.4) is 0 Å². The molecule has 2 aromatic heterocycles. The van der Waals surface area contributed by atoms with E-state index in [1.807, 2.05) is 24.4 Å². The number of ether oxygens (including phenoxy) is 2. The van der Waals surface area contributed by atoms with E-state index >= 15 is 0 Å². The molecule has 0 N–H and O–H groups in total. The van der Waals surface area contributed by atoms with E-state index in [1.54, 1.807) is 0 Å². The van der Waals surface area contributed by atoms with Crippen LogP contribution in [0.25, 0.3) is 0 Å². The van der Waals surface area contributed by atoms with E-state index in [4.69, 9.17) is 9.47 Å². The fourth-order valence-electron chi connectivity index (χ4n) is 3.95. The lowest BCUT2D eigenvalue weighted by Gasteiger charge is -2.37. The molecule has 0 unspecified atom stereocenters. The number of rotatable bonds is 6. The molecule has 1 fully saturated rings. The van der Waals surface area contributed by atoms with Gasteiger partial charge in [0.15, 0.2) is 0 Å². The lowest BCUT2D eigenvalue weighted by atomic mass is 9.99. The molecule has 1 saturated heterocycles. The van der Waals surface area contributed by atoms with Gasteiger partial charge in [-0.2, -0.15) is 0 Å². The standard InChI is InChI=1S/C20H27N3O2/c1-2-8-21-18(4-1)15-25-16-20-14-22(12-17-6-10-24-11-7-17)13-19-5-3-9-23(19)20/h1-5,8-9,17,20H,6-7,10-16H2/t20-/m1/s1. The molecule has 0 aromatic carbocycles. The summed E-state index contributed by atoms with van der Waals surface area (Å²) in [5.74, 6) is 0.769. The molecule has 25 heavy (non-hydrogen) atoms. The highest BCUT2D eigenvalue weighted by atomic mass is 16.5. The van der Waals surface area contributed by atoms with Crippen molar-refractivity contribution in [1.82, 2.24) is 14.5 Å². The van der Waals surface area contributed by atoms with E-state index < -0.39 is 0 Å². The molecule has 2 aromatic rings. The highest BCUT2D eigenvalue weighted by Gasteiger charge is 2.26. The van der Waals surface area contributed by atoms with Gasteiger partial charge in [0.25, 0.3) is 0 Å². The molecular weight excluding hydrogens is 314 g/mol. The minimum Gasteiger partial charge on any atom is -0.381 e. The second kappa shape index (κ2) is 8.13. The molecule has 0 saturated carbocycles. The van der Waals surface area contributed by atoms with Gasteiger partial charge in [-0.05, 0) is 43.0 Å². The van der Waals surface area contributed by atoms with Crippen LogP contribution in [0, 0.1) is 5.92 Å². The highest BCUT2D eigenvalue weighted by molar-refractivity contribution is 5.11. The maximum absolute atomic E-state index is 5.99. The van der Waals surface area contributed by atoms with Crippen molar-refractivity contribution in [3.05, 3.63) is 54.1 Å². The van der Waals surface area contributed by atoms with E-state index in [2.05, 4.69) is 32.8 Å². The molecule has 0 aliphatic carbocycles. The summed E-state index contributed by atoms with van der Waals surface area (Å²) >= 11 is 0. The largest absolute Gasteiger partial charge is 0.381 e. The van der Waals surface area contributed by atoms with Crippen LogP contribution in [0.4, 0.5) is 0 Å². The van der Waals surface area contributed by atoms with Crippen molar-refractivity contribution >= 4 is 0 Å². The van der Waals surface area contributed by atoms with E-state index in [0.717, 1.165) is 44.5 Å². The van der Waals surface area contributed by atoms with Gasteiger partial charge in [0.1, 0.15) is 0 Å². The summed E-state index contributed by atoms with van der Waals surface area (Å²) in [5.41, 5.74) is 2.38. The van der Waals surface area contributed by atoms with Crippen molar-refractivity contribution < 1.29 is 9.47 Å². The van der Waals surface area contributed by atoms with E-state index in [1.165, 1.54) is 25.1 Å². The summed E-state index contributed by atoms with van der Waals surface area (Å²) in [7, 11) is 0. The Morgan fingerprint density at radius 3 is 2.92 bits per heavy atom. The third kappa shape index (κ3) is 4.29. The van der Waals surface area contributed by atoms with Gasteiger partial charge in [-0.25, -0.2) is 0 Å². The van der Waals surface area contributed by atoms with Crippen molar-refractivity contribution in [2.24, 2.45) is 5.92 Å². The van der Waals surface area contributed by atoms with Gasteiger partial charge in [0.05, 0.1) is 24.9 Å². The summed E-state index contributed by atoms with van der Waals surface area (Å²) in [6.07, 6.45) is 6.39. The first-order valence-corrected chi connectivity index (χ1v) is 9.32. The molecule has 5 nitrogen and oxygen atoms in total. The second-order valence-electron chi connectivity index (χ2n) is 7.15. The van der Waals surface area contributed by atoms with Crippen molar-refractivity contribution in [2.45, 2.75) is 32.0 Å². The Kier molecular flexibility index (Phi) is 5.45. The first-order chi connectivity index (χ1) is 12.4. The Balaban J connectivity index is 1.35. The number of pyridine rings is 1. The summed E-state index contributed by atoms with van der Waals surface area (Å²) in [6.45, 7) is 6.42. The molecule has 0 bridgehead atoms. The summed E-state index contributed by atoms with van der Waals surface area (Å²) in [5, 5.41) is 0. The van der Waals surface area contributed by atoms with Gasteiger partial charge in [-0.3, -0.25) is 9.88 Å². The van der Waals surface area contributed by atoms with Crippen LogP contribution in [0.1, 0.15) is 30.3 Å². The van der Waals surface area contributed by atoms with Crippen LogP contribution >= 0.6 is 0 Å². The monoisotopic (exact) mass is 341 g/mol. The van der Waals surface area contributed by atoms with Crippen LogP contribution in [-0.2, 0) is 22.6 Å². The van der Waals surface area contributed by atoms with Gasteiger partial charge in [0, 0.05) is 50.9 Å². The third-order valence-corrected chi connectivity index (χ3v) is 5.26. The van der Waals surface area contributed by atoms with Crippen LogP contribution < -0.4 is 0 Å². The smallest absolute Gasteiger partial charge is 0.0888 e. The summed E-state index contributed by atoms with van der Waals surface area (Å²) in [4.78, 5) is 6.93. The van der Waals surface area contributed by atoms with Gasteiger partial charge in [-0.15, -0.1) is 0 Å². The van der Waals surface area contributed by atoms with Crippen LogP contribution in [0.15, 0.2) is 42.7 Å². The average molecular weight is 341 g/mol. The van der Waals surface area contributed by atoms with Gasteiger partial charge >= 0.3 is 0 Å². The van der Waals surface area contributed by atoms with Crippen LogP contribution in [0.5, 0.6) is 0 Å². The predicted octanol–water partition coefficient (Wildman–Crippen LogP) is 2.88. The van der Waals surface area contributed by atoms with Gasteiger partial charge < -0.3 is 14.0 Å². The lowest BCUT2D eigenvalue weighted by molar-refractivity contribution is 0.0309. The van der Waals surface area contributed by atoms with Crippen molar-refractivity contribution in [3.63, 3.8) is 0 Å². The Labute approximate surface area is 149 Å². The van der Waals surface area contributed by atoms with Gasteiger partial charge in [0.2, 0.25) is 0 Å². The number of hydrogen-bond donors (Lipinski definition) is 0. The molecule has 4 heterocycles. The minimum absolute atomic E-state index is 0.377. The minimum atomic E-state index is 0.377. The zero-order chi connectivity index (χ0) is 16.9. The number of nitrogens with zero attached hydrogens (tertiary/aromatic N) is 3. The molecule has 1 atom stereocenters. The molecule has 5 heteroatoms. The van der Waals surface area contributed by atoms with Crippen molar-refractivity contribution in [3.8, 4) is 0 Å². The Bertz CT molecular complexity index is 652. The first-order valence-electron chi connectivity index (χ1n) is 9.32. The molecule has 0 spiro atoms. The summed E-state index contributed by atoms with van der Waals surface area (Å²) in [6, 6.07) is 10.7. The maximum atomic E-state index is 5.99. The molecule has 0 radical (unpaired) electrons. The first kappa shape index (κ1) is 16.8. The zero-order valence-corrected chi connectivity index (χ0v) is 14.7. The quantitative estimate of drug-likeness (QED) is 0.810. The Morgan fingerprint density at radius 1 is 1.16 bits per heavy atom. The molecule has 4 rings (SSSR count). The average Bonchev–Trinajstić information content (AvgIpc) is 3.12. The van der Waals surface area contributed by atoms with Crippen molar-refractivity contribution in [2.75, 3.05) is 32.9 Å². The van der Waals surface area contributed by atoms with Crippen LogP contribution in [0.2, 0.25) is 0 Å². The normalized spacial score (nSPS) is 22.0. The molecular formula is C20H27N3O2. The fourth-order valence-corrected chi connectivity index (χ4v) is 3.95. The topological polar surface area (TPSA) is 39.5 Å². The lowest BCUT2D eigenvalue weighted by Crippen LogP contribution is -2.41. The van der Waals surface area contributed by atoms with Crippen molar-refractivity contribution in [1.29, 1.82) is 0 Å². The zero-order valence-electron chi connectivity index (χ0n) is 14.7. The van der Waals surface area contributed by atoms with E-state index in [0.29, 0.717) is 12.6 Å². The fraction of sp³-hybridized carbons (Fsp3) is 0.550. The third-order valence-electron chi connectivity index (χ3n) is 5.26. The Hall–Kier alpha value is -1.69. The van der Waals surface area contributed by atoms with E-state index in [-0.39, 0.29) is 0 Å². The SMILES string of the molecule is c1ccc(COC[C@H]2CN(CC3CCOCC3)Cc3cccn32)nc1. The number of aromatic nitrogens is 2. The van der Waals surface area contributed by atoms with Crippen LogP contribution in [-0.4, -0.2) is 47.4 Å². The maximum Gasteiger partial charge on any atom is 0.0888 e. The molecule has 0 amide bonds. The number of fused-ring (bicyclic) bond motifs is 1. The van der Waals surface area contributed by atoms with E-state index in [9.17, 15) is 0 Å².